The molecule has 0 amide bonds. The summed E-state index contributed by atoms with van der Waals surface area (Å²) in [4.78, 5) is 22.3. The second-order valence-corrected chi connectivity index (χ2v) is 5.06. The van der Waals surface area contributed by atoms with Gasteiger partial charge in [-0.05, 0) is 29.8 Å². The van der Waals surface area contributed by atoms with Crippen LogP contribution in [-0.4, -0.2) is 29.1 Å². The first-order valence-electron chi connectivity index (χ1n) is 7.20. The average molecular weight is 330 g/mol. The first kappa shape index (κ1) is 17.5. The maximum Gasteiger partial charge on any atom is 0.325 e. The molecule has 0 aliphatic heterocycles. The second kappa shape index (κ2) is 8.09. The van der Waals surface area contributed by atoms with Crippen molar-refractivity contribution in [2.45, 2.75) is 18.7 Å². The maximum atomic E-state index is 11.7. The Hall–Kier alpha value is -2.90. The number of para-hydroxylation sites is 1. The van der Waals surface area contributed by atoms with Gasteiger partial charge < -0.3 is 26.0 Å². The lowest BCUT2D eigenvalue weighted by Crippen LogP contribution is -2.52. The van der Waals surface area contributed by atoms with Crippen LogP contribution in [0.4, 0.5) is 0 Å². The van der Waals surface area contributed by atoms with Gasteiger partial charge in [-0.25, -0.2) is 0 Å². The standard InChI is InChI=1S/C17H18N2O5/c18-14(16(20)21)15(19)17(22)23-10-11-6-8-13(9-7-11)24-12-4-2-1-3-5-12/h1-9,14-15H,10,18-19H2,(H,20,21). The molecule has 5 N–H and O–H groups in total. The SMILES string of the molecule is NC(C(=O)O)C(N)C(=O)OCc1ccc(Oc2ccccc2)cc1. The zero-order valence-electron chi connectivity index (χ0n) is 12.8. The van der Waals surface area contributed by atoms with Gasteiger partial charge in [0, 0.05) is 0 Å². The highest BCUT2D eigenvalue weighted by Crippen LogP contribution is 2.21. The number of nitrogens with two attached hydrogens (primary N) is 2. The van der Waals surface area contributed by atoms with Crippen molar-refractivity contribution in [3.63, 3.8) is 0 Å². The van der Waals surface area contributed by atoms with Gasteiger partial charge in [-0.15, -0.1) is 0 Å². The number of ether oxygens (including phenoxy) is 2. The van der Waals surface area contributed by atoms with Gasteiger partial charge in [0.05, 0.1) is 0 Å². The molecule has 24 heavy (non-hydrogen) atoms. The molecule has 126 valence electrons. The maximum absolute atomic E-state index is 11.7. The quantitative estimate of drug-likeness (QED) is 0.653. The molecule has 0 saturated carbocycles. The number of hydrogen-bond acceptors (Lipinski definition) is 6. The van der Waals surface area contributed by atoms with Crippen LogP contribution in [0.1, 0.15) is 5.56 Å². The summed E-state index contributed by atoms with van der Waals surface area (Å²) in [7, 11) is 0. The van der Waals surface area contributed by atoms with E-state index in [1.165, 1.54) is 0 Å². The highest BCUT2D eigenvalue weighted by Gasteiger charge is 2.28. The Morgan fingerprint density at radius 2 is 1.50 bits per heavy atom. The third kappa shape index (κ3) is 4.80. The number of aliphatic carboxylic acids is 1. The van der Waals surface area contributed by atoms with E-state index in [4.69, 9.17) is 26.0 Å². The van der Waals surface area contributed by atoms with Gasteiger partial charge in [-0.2, -0.15) is 0 Å². The van der Waals surface area contributed by atoms with Crippen LogP contribution in [0.2, 0.25) is 0 Å². The minimum atomic E-state index is -1.50. The van der Waals surface area contributed by atoms with E-state index in [0.717, 1.165) is 0 Å². The van der Waals surface area contributed by atoms with Crippen LogP contribution in [0.25, 0.3) is 0 Å². The van der Waals surface area contributed by atoms with Crippen molar-refractivity contribution in [2.24, 2.45) is 11.5 Å². The Labute approximate surface area is 138 Å². The third-order valence-electron chi connectivity index (χ3n) is 3.23. The van der Waals surface area contributed by atoms with Crippen LogP contribution in [0.5, 0.6) is 11.5 Å². The summed E-state index contributed by atoms with van der Waals surface area (Å²) in [5.41, 5.74) is 11.4. The number of carboxylic acid groups (broad SMARTS) is 1. The molecule has 2 aromatic rings. The molecule has 0 aliphatic carbocycles. The fourth-order valence-electron chi connectivity index (χ4n) is 1.83. The lowest BCUT2D eigenvalue weighted by Gasteiger charge is -2.15. The zero-order chi connectivity index (χ0) is 17.5. The van der Waals surface area contributed by atoms with Crippen molar-refractivity contribution in [3.8, 4) is 11.5 Å². The monoisotopic (exact) mass is 330 g/mol. The molecule has 7 heteroatoms. The number of benzene rings is 2. The summed E-state index contributed by atoms with van der Waals surface area (Å²) in [5, 5.41) is 8.71. The lowest BCUT2D eigenvalue weighted by atomic mass is 10.1. The van der Waals surface area contributed by atoms with Crippen LogP contribution in [0.3, 0.4) is 0 Å². The van der Waals surface area contributed by atoms with E-state index in [0.29, 0.717) is 17.1 Å². The van der Waals surface area contributed by atoms with Crippen molar-refractivity contribution >= 4 is 11.9 Å². The molecule has 0 spiro atoms. The van der Waals surface area contributed by atoms with Crippen molar-refractivity contribution in [1.29, 1.82) is 0 Å². The summed E-state index contributed by atoms with van der Waals surface area (Å²) in [5.74, 6) is -0.873. The molecule has 0 aliphatic rings. The van der Waals surface area contributed by atoms with E-state index in [-0.39, 0.29) is 6.61 Å². The normalized spacial score (nSPS) is 12.9. The molecule has 0 saturated heterocycles. The van der Waals surface area contributed by atoms with Crippen LogP contribution in [-0.2, 0) is 20.9 Å². The van der Waals surface area contributed by atoms with E-state index in [9.17, 15) is 9.59 Å². The predicted octanol–water partition coefficient (Wildman–Crippen LogP) is 1.26. The number of esters is 1. The molecule has 0 radical (unpaired) electrons. The number of carbonyl (C=O) groups excluding carboxylic acids is 1. The summed E-state index contributed by atoms with van der Waals surface area (Å²) >= 11 is 0. The van der Waals surface area contributed by atoms with Gasteiger partial charge in [0.15, 0.2) is 0 Å². The molecule has 2 unspecified atom stereocenters. The van der Waals surface area contributed by atoms with Gasteiger partial charge in [0.1, 0.15) is 30.2 Å². The van der Waals surface area contributed by atoms with Crippen LogP contribution in [0.15, 0.2) is 54.6 Å². The highest BCUT2D eigenvalue weighted by atomic mass is 16.5. The molecular formula is C17H18N2O5. The molecule has 7 nitrogen and oxygen atoms in total. The van der Waals surface area contributed by atoms with Gasteiger partial charge in [-0.1, -0.05) is 30.3 Å². The minimum absolute atomic E-state index is 0.0372. The topological polar surface area (TPSA) is 125 Å². The molecule has 2 atom stereocenters. The van der Waals surface area contributed by atoms with Gasteiger partial charge >= 0.3 is 11.9 Å². The number of carbonyl (C=O) groups is 2. The third-order valence-corrected chi connectivity index (χ3v) is 3.23. The molecule has 0 fully saturated rings. The van der Waals surface area contributed by atoms with E-state index in [1.54, 1.807) is 24.3 Å². The van der Waals surface area contributed by atoms with Crippen LogP contribution in [0, 0.1) is 0 Å². The minimum Gasteiger partial charge on any atom is -0.480 e. The molecule has 0 aromatic heterocycles. The van der Waals surface area contributed by atoms with Gasteiger partial charge in [0.2, 0.25) is 0 Å². The van der Waals surface area contributed by atoms with E-state index in [1.807, 2.05) is 30.3 Å². The fourth-order valence-corrected chi connectivity index (χ4v) is 1.83. The molecule has 2 rings (SSSR count). The van der Waals surface area contributed by atoms with Gasteiger partial charge in [0.25, 0.3) is 0 Å². The Balaban J connectivity index is 1.88. The molecular weight excluding hydrogens is 312 g/mol. The van der Waals surface area contributed by atoms with Crippen LogP contribution >= 0.6 is 0 Å². The Morgan fingerprint density at radius 1 is 0.917 bits per heavy atom. The molecule has 0 heterocycles. The second-order valence-electron chi connectivity index (χ2n) is 5.06. The van der Waals surface area contributed by atoms with E-state index < -0.39 is 24.0 Å². The van der Waals surface area contributed by atoms with Crippen molar-refractivity contribution < 1.29 is 24.2 Å². The smallest absolute Gasteiger partial charge is 0.325 e. The van der Waals surface area contributed by atoms with Crippen molar-refractivity contribution in [3.05, 3.63) is 60.2 Å². The number of carboxylic acids is 1. The Bertz CT molecular complexity index is 688. The van der Waals surface area contributed by atoms with E-state index >= 15 is 0 Å². The summed E-state index contributed by atoms with van der Waals surface area (Å²) in [6.45, 7) is -0.0372. The van der Waals surface area contributed by atoms with Crippen molar-refractivity contribution in [1.82, 2.24) is 0 Å². The Morgan fingerprint density at radius 3 is 2.08 bits per heavy atom. The summed E-state index contributed by atoms with van der Waals surface area (Å²) in [6, 6.07) is 13.3. The number of hydrogen-bond donors (Lipinski definition) is 3. The summed E-state index contributed by atoms with van der Waals surface area (Å²) in [6.07, 6.45) is 0. The van der Waals surface area contributed by atoms with Gasteiger partial charge in [-0.3, -0.25) is 9.59 Å². The van der Waals surface area contributed by atoms with Crippen molar-refractivity contribution in [2.75, 3.05) is 0 Å². The summed E-state index contributed by atoms with van der Waals surface area (Å²) < 4.78 is 10.6. The first-order chi connectivity index (χ1) is 11.5. The Kier molecular flexibility index (Phi) is 5.89. The van der Waals surface area contributed by atoms with E-state index in [2.05, 4.69) is 0 Å². The van der Waals surface area contributed by atoms with Crippen LogP contribution < -0.4 is 16.2 Å². The zero-order valence-corrected chi connectivity index (χ0v) is 12.8. The average Bonchev–Trinajstić information content (AvgIpc) is 2.60. The molecule has 0 bridgehead atoms. The molecule has 2 aromatic carbocycles. The highest BCUT2D eigenvalue weighted by molar-refractivity contribution is 5.85. The fraction of sp³-hybridized carbons (Fsp3) is 0.176. The lowest BCUT2D eigenvalue weighted by molar-refractivity contribution is -0.151. The predicted molar refractivity (Wildman–Crippen MR) is 86.3 cm³/mol. The first-order valence-corrected chi connectivity index (χ1v) is 7.20. The largest absolute Gasteiger partial charge is 0.480 e. The number of rotatable bonds is 7.